The van der Waals surface area contributed by atoms with Crippen molar-refractivity contribution in [2.24, 2.45) is 5.73 Å². The Morgan fingerprint density at radius 1 is 1.39 bits per heavy atom. The maximum absolute atomic E-state index is 11.4. The summed E-state index contributed by atoms with van der Waals surface area (Å²) >= 11 is 0. The number of carbonyl (C=O) groups excluding carboxylic acids is 1. The second-order valence-electron chi connectivity index (χ2n) is 4.03. The number of nitrogens with two attached hydrogens (primary N) is 1. The largest absolute Gasteiger partial charge is 0.493 e. The first-order valence-corrected chi connectivity index (χ1v) is 5.88. The van der Waals surface area contributed by atoms with Crippen LogP contribution in [0.2, 0.25) is 0 Å². The molecule has 1 aromatic rings. The Bertz CT molecular complexity index is 331. The Morgan fingerprint density at radius 3 is 2.67 bits per heavy atom. The molecule has 3 N–H and O–H groups in total. The molecule has 0 fully saturated rings. The van der Waals surface area contributed by atoms with E-state index in [-0.39, 0.29) is 24.4 Å². The van der Waals surface area contributed by atoms with E-state index in [4.69, 9.17) is 10.5 Å². The van der Waals surface area contributed by atoms with Gasteiger partial charge in [-0.15, -0.1) is 12.4 Å². The molecular weight excluding hydrogens is 252 g/mol. The highest BCUT2D eigenvalue weighted by molar-refractivity contribution is 5.85. The molecule has 18 heavy (non-hydrogen) atoms. The van der Waals surface area contributed by atoms with Gasteiger partial charge in [0.2, 0.25) is 5.91 Å². The topological polar surface area (TPSA) is 64.3 Å². The van der Waals surface area contributed by atoms with Crippen molar-refractivity contribution in [3.05, 3.63) is 30.3 Å². The van der Waals surface area contributed by atoms with Crippen molar-refractivity contribution in [1.82, 2.24) is 5.32 Å². The third kappa shape index (κ3) is 7.92. The summed E-state index contributed by atoms with van der Waals surface area (Å²) in [7, 11) is 0. The predicted molar refractivity (Wildman–Crippen MR) is 75.1 cm³/mol. The number of hydrogen-bond acceptors (Lipinski definition) is 3. The molecule has 0 aliphatic heterocycles. The number of ether oxygens (including phenoxy) is 1. The summed E-state index contributed by atoms with van der Waals surface area (Å²) in [6.07, 6.45) is 1.17. The number of rotatable bonds is 7. The van der Waals surface area contributed by atoms with Crippen LogP contribution >= 0.6 is 12.4 Å². The molecule has 1 unspecified atom stereocenters. The molecule has 1 rings (SSSR count). The number of benzene rings is 1. The van der Waals surface area contributed by atoms with Gasteiger partial charge in [-0.1, -0.05) is 18.2 Å². The molecule has 1 atom stereocenters. The van der Waals surface area contributed by atoms with Gasteiger partial charge in [-0.05, 0) is 25.5 Å². The summed E-state index contributed by atoms with van der Waals surface area (Å²) in [4.78, 5) is 11.4. The normalized spacial score (nSPS) is 11.2. The van der Waals surface area contributed by atoms with Crippen LogP contribution in [0.3, 0.4) is 0 Å². The minimum absolute atomic E-state index is 0. The van der Waals surface area contributed by atoms with Crippen LogP contribution in [0.5, 0.6) is 5.75 Å². The number of amides is 1. The highest BCUT2D eigenvalue weighted by atomic mass is 35.5. The number of carbonyl (C=O) groups is 1. The van der Waals surface area contributed by atoms with Crippen LogP contribution in [-0.2, 0) is 4.79 Å². The minimum Gasteiger partial charge on any atom is -0.493 e. The Kier molecular flexibility index (Phi) is 9.06. The van der Waals surface area contributed by atoms with E-state index in [1.807, 2.05) is 37.3 Å². The summed E-state index contributed by atoms with van der Waals surface area (Å²) < 4.78 is 5.42. The van der Waals surface area contributed by atoms with Gasteiger partial charge in [-0.25, -0.2) is 0 Å². The zero-order valence-electron chi connectivity index (χ0n) is 10.6. The monoisotopic (exact) mass is 272 g/mol. The average Bonchev–Trinajstić information content (AvgIpc) is 2.30. The number of hydrogen-bond donors (Lipinski definition) is 2. The summed E-state index contributed by atoms with van der Waals surface area (Å²) in [5.41, 5.74) is 5.58. The number of halogens is 1. The third-order valence-electron chi connectivity index (χ3n) is 2.26. The molecule has 4 nitrogen and oxygen atoms in total. The van der Waals surface area contributed by atoms with E-state index in [1.165, 1.54) is 0 Å². The predicted octanol–water partition coefficient (Wildman–Crippen LogP) is 1.73. The zero-order chi connectivity index (χ0) is 12.5. The quantitative estimate of drug-likeness (QED) is 0.795. The van der Waals surface area contributed by atoms with Crippen LogP contribution in [0.4, 0.5) is 0 Å². The molecule has 0 saturated heterocycles. The highest BCUT2D eigenvalue weighted by Gasteiger charge is 2.02. The Hall–Kier alpha value is -1.26. The standard InChI is InChI=1S/C13H20N2O2.ClH/c1-11(14)7-9-15-13(16)8-10-17-12-5-3-2-4-6-12;/h2-6,11H,7-10,14H2,1H3,(H,15,16);1H. The Balaban J connectivity index is 0.00000289. The van der Waals surface area contributed by atoms with Crippen molar-refractivity contribution in [1.29, 1.82) is 0 Å². The summed E-state index contributed by atoms with van der Waals surface area (Å²) in [6.45, 7) is 2.94. The van der Waals surface area contributed by atoms with Gasteiger partial charge in [0.1, 0.15) is 5.75 Å². The highest BCUT2D eigenvalue weighted by Crippen LogP contribution is 2.08. The zero-order valence-corrected chi connectivity index (χ0v) is 11.4. The first-order valence-electron chi connectivity index (χ1n) is 5.88. The van der Waals surface area contributed by atoms with E-state index in [0.717, 1.165) is 12.2 Å². The smallest absolute Gasteiger partial charge is 0.223 e. The maximum atomic E-state index is 11.4. The van der Waals surface area contributed by atoms with E-state index in [2.05, 4.69) is 5.32 Å². The lowest BCUT2D eigenvalue weighted by atomic mass is 10.2. The second-order valence-corrected chi connectivity index (χ2v) is 4.03. The summed E-state index contributed by atoms with van der Waals surface area (Å²) in [5, 5.41) is 2.80. The third-order valence-corrected chi connectivity index (χ3v) is 2.26. The summed E-state index contributed by atoms with van der Waals surface area (Å²) in [5.74, 6) is 0.789. The second kappa shape index (κ2) is 9.74. The van der Waals surface area contributed by atoms with Crippen molar-refractivity contribution >= 4 is 18.3 Å². The van der Waals surface area contributed by atoms with Crippen molar-refractivity contribution < 1.29 is 9.53 Å². The molecule has 0 saturated carbocycles. The molecular formula is C13H21ClN2O2. The molecule has 0 spiro atoms. The maximum Gasteiger partial charge on any atom is 0.223 e. The molecule has 1 aromatic carbocycles. The molecule has 0 aliphatic rings. The molecule has 5 heteroatoms. The molecule has 1 amide bonds. The van der Waals surface area contributed by atoms with Gasteiger partial charge in [-0.2, -0.15) is 0 Å². The summed E-state index contributed by atoms with van der Waals surface area (Å²) in [6, 6.07) is 9.59. The molecule has 0 bridgehead atoms. The van der Waals surface area contributed by atoms with Gasteiger partial charge in [0.25, 0.3) is 0 Å². The fourth-order valence-electron chi connectivity index (χ4n) is 1.31. The van der Waals surface area contributed by atoms with Crippen LogP contribution < -0.4 is 15.8 Å². The lowest BCUT2D eigenvalue weighted by Crippen LogP contribution is -2.29. The van der Waals surface area contributed by atoms with Gasteiger partial charge in [0.15, 0.2) is 0 Å². The average molecular weight is 273 g/mol. The van der Waals surface area contributed by atoms with E-state index >= 15 is 0 Å². The number of para-hydroxylation sites is 1. The van der Waals surface area contributed by atoms with Crippen LogP contribution in [0.25, 0.3) is 0 Å². The number of nitrogens with one attached hydrogen (secondary N) is 1. The fourth-order valence-corrected chi connectivity index (χ4v) is 1.31. The van der Waals surface area contributed by atoms with Crippen molar-refractivity contribution in [2.45, 2.75) is 25.8 Å². The molecule has 0 radical (unpaired) electrons. The van der Waals surface area contributed by atoms with E-state index in [1.54, 1.807) is 0 Å². The van der Waals surface area contributed by atoms with E-state index in [0.29, 0.717) is 19.6 Å². The van der Waals surface area contributed by atoms with Crippen LogP contribution in [0.15, 0.2) is 30.3 Å². The van der Waals surface area contributed by atoms with E-state index in [9.17, 15) is 4.79 Å². The lowest BCUT2D eigenvalue weighted by Gasteiger charge is -2.08. The van der Waals surface area contributed by atoms with E-state index < -0.39 is 0 Å². The minimum atomic E-state index is 0. The van der Waals surface area contributed by atoms with Gasteiger partial charge < -0.3 is 15.8 Å². The first kappa shape index (κ1) is 16.7. The molecule has 0 heterocycles. The fraction of sp³-hybridized carbons (Fsp3) is 0.462. The van der Waals surface area contributed by atoms with Crippen LogP contribution in [0, 0.1) is 0 Å². The van der Waals surface area contributed by atoms with Crippen molar-refractivity contribution in [3.8, 4) is 5.75 Å². The molecule has 102 valence electrons. The van der Waals surface area contributed by atoms with Crippen LogP contribution in [0.1, 0.15) is 19.8 Å². The lowest BCUT2D eigenvalue weighted by molar-refractivity contribution is -0.121. The SMILES string of the molecule is CC(N)CCNC(=O)CCOc1ccccc1.Cl. The molecule has 0 aliphatic carbocycles. The van der Waals surface area contributed by atoms with Crippen LogP contribution in [-0.4, -0.2) is 25.1 Å². The van der Waals surface area contributed by atoms with Gasteiger partial charge >= 0.3 is 0 Å². The molecule has 0 aromatic heterocycles. The van der Waals surface area contributed by atoms with Gasteiger partial charge in [0.05, 0.1) is 13.0 Å². The van der Waals surface area contributed by atoms with Crippen molar-refractivity contribution in [3.63, 3.8) is 0 Å². The Labute approximate surface area is 114 Å². The van der Waals surface area contributed by atoms with Gasteiger partial charge in [0, 0.05) is 12.6 Å². The Morgan fingerprint density at radius 2 is 2.06 bits per heavy atom. The first-order chi connectivity index (χ1) is 8.18. The van der Waals surface area contributed by atoms with Crippen molar-refractivity contribution in [2.75, 3.05) is 13.2 Å². The van der Waals surface area contributed by atoms with Gasteiger partial charge in [-0.3, -0.25) is 4.79 Å².